The zero-order valence-electron chi connectivity index (χ0n) is 25.5. The predicted octanol–water partition coefficient (Wildman–Crippen LogP) is 6.69. The summed E-state index contributed by atoms with van der Waals surface area (Å²) in [6.07, 6.45) is 2.34. The Morgan fingerprint density at radius 3 is 2.36 bits per heavy atom. The standard InChI is InChI=1S/C34H33ClN6O3S/c1-19-14-17-44-31(19)24-6-8-25(9-7-24)33(43)37-16-5-15-36-28(42)18-27-32-40-39-22(4)41(32)34-29(20(2)21(3)45-34)30(38-27)23-10-12-26(35)13-11-23/h6-14,17,27H,5,15-16,18H2,1-4H3,(H,36,42)(H,37,43)/t27-/m0/s1. The minimum Gasteiger partial charge on any atom is -0.464 e. The predicted molar refractivity (Wildman–Crippen MR) is 177 cm³/mol. The lowest BCUT2D eigenvalue weighted by atomic mass is 9.99. The lowest BCUT2D eigenvalue weighted by molar-refractivity contribution is -0.121. The van der Waals surface area contributed by atoms with Gasteiger partial charge >= 0.3 is 0 Å². The van der Waals surface area contributed by atoms with E-state index in [2.05, 4.69) is 34.7 Å². The molecule has 11 heteroatoms. The topological polar surface area (TPSA) is 114 Å². The second-order valence-electron chi connectivity index (χ2n) is 11.1. The molecule has 9 nitrogen and oxygen atoms in total. The normalized spacial score (nSPS) is 13.9. The summed E-state index contributed by atoms with van der Waals surface area (Å²) in [6, 6.07) is 16.3. The molecule has 0 fully saturated rings. The van der Waals surface area contributed by atoms with Gasteiger partial charge in [0, 0.05) is 45.2 Å². The highest BCUT2D eigenvalue weighted by molar-refractivity contribution is 7.15. The number of aryl methyl sites for hydroxylation is 3. The van der Waals surface area contributed by atoms with E-state index in [-0.39, 0.29) is 18.2 Å². The number of nitrogens with zero attached hydrogens (tertiary/aromatic N) is 4. The summed E-state index contributed by atoms with van der Waals surface area (Å²) in [5, 5.41) is 16.4. The maximum atomic E-state index is 13.2. The van der Waals surface area contributed by atoms with Crippen molar-refractivity contribution in [3.8, 4) is 16.3 Å². The van der Waals surface area contributed by atoms with Crippen LogP contribution in [0.2, 0.25) is 5.02 Å². The van der Waals surface area contributed by atoms with Crippen LogP contribution in [0.3, 0.4) is 0 Å². The van der Waals surface area contributed by atoms with Gasteiger partial charge in [-0.05, 0) is 75.6 Å². The molecule has 4 heterocycles. The largest absolute Gasteiger partial charge is 0.464 e. The van der Waals surface area contributed by atoms with Crippen LogP contribution in [0.4, 0.5) is 0 Å². The molecule has 0 radical (unpaired) electrons. The van der Waals surface area contributed by atoms with E-state index in [9.17, 15) is 9.59 Å². The molecule has 0 bridgehead atoms. The fourth-order valence-corrected chi connectivity index (χ4v) is 6.78. The Morgan fingerprint density at radius 2 is 1.64 bits per heavy atom. The molecule has 230 valence electrons. The number of benzene rings is 2. The molecule has 2 aromatic carbocycles. The van der Waals surface area contributed by atoms with Crippen molar-refractivity contribution in [2.24, 2.45) is 4.99 Å². The van der Waals surface area contributed by atoms with Gasteiger partial charge in [0.15, 0.2) is 5.82 Å². The lowest BCUT2D eigenvalue weighted by Crippen LogP contribution is -2.30. The van der Waals surface area contributed by atoms with Crippen LogP contribution < -0.4 is 10.6 Å². The van der Waals surface area contributed by atoms with Gasteiger partial charge in [-0.25, -0.2) is 0 Å². The molecule has 1 aliphatic heterocycles. The summed E-state index contributed by atoms with van der Waals surface area (Å²) in [5.41, 5.74) is 6.41. The van der Waals surface area contributed by atoms with Gasteiger partial charge in [-0.3, -0.25) is 19.1 Å². The summed E-state index contributed by atoms with van der Waals surface area (Å²) in [7, 11) is 0. The Balaban J connectivity index is 1.10. The molecule has 6 rings (SSSR count). The first-order chi connectivity index (χ1) is 21.7. The molecular formula is C34H33ClN6O3S. The highest BCUT2D eigenvalue weighted by atomic mass is 35.5. The molecule has 45 heavy (non-hydrogen) atoms. The fraction of sp³-hybridized carbons (Fsp3) is 0.265. The molecule has 0 spiro atoms. The van der Waals surface area contributed by atoms with Gasteiger partial charge in [-0.1, -0.05) is 35.9 Å². The molecule has 2 amide bonds. The average Bonchev–Trinajstić information content (AvgIpc) is 3.69. The third kappa shape index (κ3) is 6.21. The highest BCUT2D eigenvalue weighted by Gasteiger charge is 2.32. The van der Waals surface area contributed by atoms with E-state index in [4.69, 9.17) is 21.0 Å². The number of furan rings is 1. The fourth-order valence-electron chi connectivity index (χ4n) is 5.44. The molecule has 0 aliphatic carbocycles. The molecule has 5 aromatic rings. The SMILES string of the molecule is Cc1ccoc1-c1ccc(C(=O)NCCCNC(=O)C[C@@H]2N=C(c3ccc(Cl)cc3)c3c(sc(C)c3C)-n3c(C)nnc32)cc1. The Morgan fingerprint density at radius 1 is 0.933 bits per heavy atom. The number of aliphatic imine (C=N–C) groups is 1. The van der Waals surface area contributed by atoms with Crippen molar-refractivity contribution in [2.45, 2.75) is 46.6 Å². The molecular weight excluding hydrogens is 608 g/mol. The lowest BCUT2D eigenvalue weighted by Gasteiger charge is -2.13. The van der Waals surface area contributed by atoms with Crippen LogP contribution >= 0.6 is 22.9 Å². The number of halogens is 1. The second-order valence-corrected chi connectivity index (χ2v) is 12.7. The van der Waals surface area contributed by atoms with Crippen molar-refractivity contribution in [1.29, 1.82) is 0 Å². The Hall–Kier alpha value is -4.54. The summed E-state index contributed by atoms with van der Waals surface area (Å²) in [5.74, 6) is 1.85. The van der Waals surface area contributed by atoms with Gasteiger partial charge in [0.25, 0.3) is 5.91 Å². The molecule has 3 aromatic heterocycles. The van der Waals surface area contributed by atoms with Gasteiger partial charge in [-0.15, -0.1) is 21.5 Å². The number of carbonyl (C=O) groups excluding carboxylic acids is 2. The van der Waals surface area contributed by atoms with Crippen LogP contribution in [-0.2, 0) is 4.79 Å². The quantitative estimate of drug-likeness (QED) is 0.174. The molecule has 0 saturated heterocycles. The summed E-state index contributed by atoms with van der Waals surface area (Å²) < 4.78 is 7.56. The van der Waals surface area contributed by atoms with E-state index in [1.807, 2.05) is 60.9 Å². The summed E-state index contributed by atoms with van der Waals surface area (Å²) in [6.45, 7) is 8.92. The Kier molecular flexibility index (Phi) is 8.69. The maximum absolute atomic E-state index is 13.2. The van der Waals surface area contributed by atoms with E-state index in [1.54, 1.807) is 29.7 Å². The molecule has 1 aliphatic rings. The number of hydrogen-bond acceptors (Lipinski definition) is 7. The number of carbonyl (C=O) groups is 2. The van der Waals surface area contributed by atoms with Gasteiger partial charge in [0.2, 0.25) is 5.91 Å². The third-order valence-electron chi connectivity index (χ3n) is 7.97. The Labute approximate surface area is 270 Å². The first-order valence-electron chi connectivity index (χ1n) is 14.8. The molecule has 1 atom stereocenters. The van der Waals surface area contributed by atoms with E-state index in [0.717, 1.165) is 50.1 Å². The van der Waals surface area contributed by atoms with E-state index < -0.39 is 6.04 Å². The van der Waals surface area contributed by atoms with Crippen LogP contribution in [0, 0.1) is 27.7 Å². The highest BCUT2D eigenvalue weighted by Crippen LogP contribution is 2.39. The van der Waals surface area contributed by atoms with Crippen LogP contribution in [0.5, 0.6) is 0 Å². The van der Waals surface area contributed by atoms with Crippen LogP contribution in [-0.4, -0.2) is 45.4 Å². The zero-order valence-corrected chi connectivity index (χ0v) is 27.1. The van der Waals surface area contributed by atoms with E-state index in [0.29, 0.717) is 35.9 Å². The van der Waals surface area contributed by atoms with Gasteiger partial charge in [0.05, 0.1) is 18.4 Å². The van der Waals surface area contributed by atoms with E-state index >= 15 is 0 Å². The van der Waals surface area contributed by atoms with Crippen molar-refractivity contribution < 1.29 is 14.0 Å². The minimum absolute atomic E-state index is 0.107. The van der Waals surface area contributed by atoms with Crippen molar-refractivity contribution in [3.05, 3.63) is 110 Å². The second kappa shape index (κ2) is 12.8. The summed E-state index contributed by atoms with van der Waals surface area (Å²) >= 11 is 7.87. The van der Waals surface area contributed by atoms with Crippen LogP contribution in [0.25, 0.3) is 16.3 Å². The zero-order chi connectivity index (χ0) is 31.7. The van der Waals surface area contributed by atoms with Gasteiger partial charge in [-0.2, -0.15) is 0 Å². The summed E-state index contributed by atoms with van der Waals surface area (Å²) in [4.78, 5) is 32.2. The minimum atomic E-state index is -0.538. The number of rotatable bonds is 9. The van der Waals surface area contributed by atoms with E-state index in [1.165, 1.54) is 4.88 Å². The van der Waals surface area contributed by atoms with Crippen LogP contribution in [0.15, 0.2) is 70.3 Å². The van der Waals surface area contributed by atoms with Gasteiger partial charge < -0.3 is 15.1 Å². The van der Waals surface area contributed by atoms with Gasteiger partial charge in [0.1, 0.15) is 22.6 Å². The monoisotopic (exact) mass is 640 g/mol. The number of hydrogen-bond donors (Lipinski definition) is 2. The number of fused-ring (bicyclic) bond motifs is 3. The van der Waals surface area contributed by atoms with Crippen molar-refractivity contribution in [1.82, 2.24) is 25.4 Å². The molecule has 0 saturated carbocycles. The van der Waals surface area contributed by atoms with Crippen molar-refractivity contribution in [3.63, 3.8) is 0 Å². The average molecular weight is 641 g/mol. The molecule has 2 N–H and O–H groups in total. The van der Waals surface area contributed by atoms with Crippen molar-refractivity contribution >= 4 is 40.5 Å². The Bertz CT molecular complexity index is 1900. The number of amides is 2. The smallest absolute Gasteiger partial charge is 0.251 e. The third-order valence-corrected chi connectivity index (χ3v) is 9.41. The maximum Gasteiger partial charge on any atom is 0.251 e. The van der Waals surface area contributed by atoms with Crippen LogP contribution in [0.1, 0.15) is 68.0 Å². The van der Waals surface area contributed by atoms with Crippen molar-refractivity contribution in [2.75, 3.05) is 13.1 Å². The number of aromatic nitrogens is 3. The number of thiophene rings is 1. The first-order valence-corrected chi connectivity index (χ1v) is 16.0. The first kappa shape index (κ1) is 30.5. The molecule has 0 unspecified atom stereocenters. The number of nitrogens with one attached hydrogen (secondary N) is 2.